The molecular formula is C21H28N6O. The number of hydrogen-bond acceptors (Lipinski definition) is 6. The monoisotopic (exact) mass is 380 g/mol. The maximum atomic E-state index is 5.88. The second kappa shape index (κ2) is 9.32. The molecule has 28 heavy (non-hydrogen) atoms. The van der Waals surface area contributed by atoms with Gasteiger partial charge < -0.3 is 20.8 Å². The number of imidazole rings is 1. The molecule has 0 unspecified atom stereocenters. The molecule has 3 aromatic rings. The van der Waals surface area contributed by atoms with E-state index in [1.165, 1.54) is 24.0 Å². The summed E-state index contributed by atoms with van der Waals surface area (Å²) in [4.78, 5) is 12.2. The van der Waals surface area contributed by atoms with Crippen LogP contribution in [0, 0.1) is 0 Å². The van der Waals surface area contributed by atoms with Gasteiger partial charge in [-0.2, -0.15) is 0 Å². The molecule has 0 amide bonds. The lowest BCUT2D eigenvalue weighted by Gasteiger charge is -2.08. The smallest absolute Gasteiger partial charge is 0.0951 e. The fourth-order valence-corrected chi connectivity index (χ4v) is 3.24. The zero-order chi connectivity index (χ0) is 19.9. The third kappa shape index (κ3) is 4.67. The number of methoxy groups -OCH3 is 1. The summed E-state index contributed by atoms with van der Waals surface area (Å²) in [6, 6.07) is 1.88. The maximum absolute atomic E-state index is 5.88. The highest BCUT2D eigenvalue weighted by Gasteiger charge is 2.27. The first-order chi connectivity index (χ1) is 13.7. The molecule has 7 nitrogen and oxygen atoms in total. The Morgan fingerprint density at radius 1 is 1.07 bits per heavy atom. The van der Waals surface area contributed by atoms with Gasteiger partial charge in [0.15, 0.2) is 0 Å². The summed E-state index contributed by atoms with van der Waals surface area (Å²) in [5.41, 5.74) is 17.9. The van der Waals surface area contributed by atoms with Crippen LogP contribution in [0.25, 0.3) is 11.3 Å². The molecule has 3 aromatic heterocycles. The summed E-state index contributed by atoms with van der Waals surface area (Å²) in [5, 5.41) is 0. The minimum absolute atomic E-state index is 0.647. The molecule has 0 aromatic carbocycles. The summed E-state index contributed by atoms with van der Waals surface area (Å²) in [6.07, 6.45) is 14.3. The average Bonchev–Trinajstić information content (AvgIpc) is 3.44. The number of aromatic nitrogens is 4. The standard InChI is InChI=1S/C11H14N4O.C10H14N2/c1-16-5-4-15-8-14-7-11(15)9-2-3-13-6-10(9)12;1-2-7-5-12-6-9(11)10(7)8-3-4-8/h2-3,6-8H,4-5,12H2,1H3;5-6,8H,2-4,11H2,1H3. The van der Waals surface area contributed by atoms with Crippen LogP contribution in [0.15, 0.2) is 43.4 Å². The number of nitrogens with zero attached hydrogens (tertiary/aromatic N) is 4. The quantitative estimate of drug-likeness (QED) is 0.680. The van der Waals surface area contributed by atoms with Crippen molar-refractivity contribution in [3.05, 3.63) is 54.5 Å². The number of nitrogens with two attached hydrogens (primary N) is 2. The first kappa shape index (κ1) is 19.8. The molecule has 3 heterocycles. The predicted molar refractivity (Wildman–Crippen MR) is 112 cm³/mol. The molecule has 0 aliphatic heterocycles. The summed E-state index contributed by atoms with van der Waals surface area (Å²) in [5.74, 6) is 0.739. The van der Waals surface area contributed by atoms with Crippen LogP contribution in [0.2, 0.25) is 0 Å². The second-order valence-corrected chi connectivity index (χ2v) is 6.86. The molecule has 0 bridgehead atoms. The van der Waals surface area contributed by atoms with Crippen LogP contribution in [0.4, 0.5) is 11.4 Å². The SMILES string of the molecule is CCc1cncc(N)c1C1CC1.COCCn1cncc1-c1ccncc1N. The molecule has 1 aliphatic carbocycles. The van der Waals surface area contributed by atoms with Gasteiger partial charge >= 0.3 is 0 Å². The van der Waals surface area contributed by atoms with Gasteiger partial charge in [-0.05, 0) is 42.4 Å². The Morgan fingerprint density at radius 3 is 2.54 bits per heavy atom. The lowest BCUT2D eigenvalue weighted by Crippen LogP contribution is -2.05. The number of rotatable bonds is 6. The van der Waals surface area contributed by atoms with Crippen molar-refractivity contribution >= 4 is 11.4 Å². The molecule has 1 fully saturated rings. The lowest BCUT2D eigenvalue weighted by molar-refractivity contribution is 0.187. The predicted octanol–water partition coefficient (Wildman–Crippen LogP) is 3.28. The molecule has 4 rings (SSSR count). The highest BCUT2D eigenvalue weighted by Crippen LogP contribution is 2.44. The maximum Gasteiger partial charge on any atom is 0.0951 e. The van der Waals surface area contributed by atoms with Crippen LogP contribution in [0.5, 0.6) is 0 Å². The van der Waals surface area contributed by atoms with Crippen LogP contribution in [0.3, 0.4) is 0 Å². The second-order valence-electron chi connectivity index (χ2n) is 6.86. The average molecular weight is 380 g/mol. The van der Waals surface area contributed by atoms with Gasteiger partial charge in [0.25, 0.3) is 0 Å². The minimum Gasteiger partial charge on any atom is -0.397 e. The number of nitrogen functional groups attached to an aromatic ring is 2. The Hall–Kier alpha value is -2.93. The van der Waals surface area contributed by atoms with Crippen molar-refractivity contribution in [3.8, 4) is 11.3 Å². The van der Waals surface area contributed by atoms with Crippen LogP contribution >= 0.6 is 0 Å². The summed E-state index contributed by atoms with van der Waals surface area (Å²) in [7, 11) is 1.68. The Morgan fingerprint density at radius 2 is 1.86 bits per heavy atom. The van der Waals surface area contributed by atoms with Crippen molar-refractivity contribution < 1.29 is 4.74 Å². The molecule has 7 heteroatoms. The highest BCUT2D eigenvalue weighted by molar-refractivity contribution is 5.72. The molecule has 1 aliphatic rings. The van der Waals surface area contributed by atoms with Crippen molar-refractivity contribution in [2.45, 2.75) is 38.6 Å². The Balaban J connectivity index is 0.000000167. The van der Waals surface area contributed by atoms with E-state index in [1.54, 1.807) is 38.2 Å². The van der Waals surface area contributed by atoms with Gasteiger partial charge in [0.2, 0.25) is 0 Å². The Labute approximate surface area is 165 Å². The van der Waals surface area contributed by atoms with Crippen LogP contribution in [0.1, 0.15) is 36.8 Å². The molecule has 0 atom stereocenters. The van der Waals surface area contributed by atoms with Crippen molar-refractivity contribution in [2.24, 2.45) is 0 Å². The van der Waals surface area contributed by atoms with Crippen molar-refractivity contribution in [1.29, 1.82) is 0 Å². The minimum atomic E-state index is 0.647. The zero-order valence-electron chi connectivity index (χ0n) is 16.5. The first-order valence-corrected chi connectivity index (χ1v) is 9.56. The molecule has 0 saturated heterocycles. The van der Waals surface area contributed by atoms with Crippen LogP contribution in [-0.4, -0.2) is 33.2 Å². The van der Waals surface area contributed by atoms with E-state index >= 15 is 0 Å². The number of aryl methyl sites for hydroxylation is 1. The number of anilines is 2. The van der Waals surface area contributed by atoms with Gasteiger partial charge in [0.05, 0.1) is 48.6 Å². The number of pyridine rings is 2. The number of ether oxygens (including phenoxy) is 1. The van der Waals surface area contributed by atoms with Gasteiger partial charge in [0, 0.05) is 31.6 Å². The van der Waals surface area contributed by atoms with Gasteiger partial charge in [-0.25, -0.2) is 4.98 Å². The molecule has 1 saturated carbocycles. The van der Waals surface area contributed by atoms with Gasteiger partial charge in [0.1, 0.15) is 0 Å². The van der Waals surface area contributed by atoms with Gasteiger partial charge in [-0.15, -0.1) is 0 Å². The first-order valence-electron chi connectivity index (χ1n) is 9.56. The normalized spacial score (nSPS) is 13.1. The third-order valence-electron chi connectivity index (χ3n) is 4.84. The molecule has 4 N–H and O–H groups in total. The van der Waals surface area contributed by atoms with E-state index < -0.39 is 0 Å². The third-order valence-corrected chi connectivity index (χ3v) is 4.84. The van der Waals surface area contributed by atoms with Crippen molar-refractivity contribution in [3.63, 3.8) is 0 Å². The van der Waals surface area contributed by atoms with Crippen molar-refractivity contribution in [1.82, 2.24) is 19.5 Å². The largest absolute Gasteiger partial charge is 0.397 e. The fraction of sp³-hybridized carbons (Fsp3) is 0.381. The van der Waals surface area contributed by atoms with Crippen LogP contribution < -0.4 is 11.5 Å². The van der Waals surface area contributed by atoms with Gasteiger partial charge in [-0.3, -0.25) is 9.97 Å². The van der Waals surface area contributed by atoms with E-state index in [0.29, 0.717) is 12.3 Å². The molecule has 0 radical (unpaired) electrons. The van der Waals surface area contributed by atoms with E-state index in [-0.39, 0.29) is 0 Å². The van der Waals surface area contributed by atoms with Crippen molar-refractivity contribution in [2.75, 3.05) is 25.2 Å². The van der Waals surface area contributed by atoms with E-state index in [2.05, 4.69) is 21.9 Å². The van der Waals surface area contributed by atoms with E-state index in [4.69, 9.17) is 16.2 Å². The van der Waals surface area contributed by atoms with E-state index in [1.807, 2.05) is 16.8 Å². The van der Waals surface area contributed by atoms with Crippen LogP contribution in [-0.2, 0) is 17.7 Å². The molecular weight excluding hydrogens is 352 g/mol. The zero-order valence-corrected chi connectivity index (χ0v) is 16.5. The van der Waals surface area contributed by atoms with E-state index in [0.717, 1.165) is 35.8 Å². The number of hydrogen-bond donors (Lipinski definition) is 2. The fourth-order valence-electron chi connectivity index (χ4n) is 3.24. The summed E-state index contributed by atoms with van der Waals surface area (Å²) in [6.45, 7) is 3.56. The summed E-state index contributed by atoms with van der Waals surface area (Å²) >= 11 is 0. The Bertz CT molecular complexity index is 903. The summed E-state index contributed by atoms with van der Waals surface area (Å²) < 4.78 is 7.05. The van der Waals surface area contributed by atoms with Gasteiger partial charge in [-0.1, -0.05) is 6.92 Å². The Kier molecular flexibility index (Phi) is 6.60. The molecule has 148 valence electrons. The van der Waals surface area contributed by atoms with E-state index in [9.17, 15) is 0 Å². The highest BCUT2D eigenvalue weighted by atomic mass is 16.5. The lowest BCUT2D eigenvalue weighted by atomic mass is 10.0. The molecule has 0 spiro atoms. The topological polar surface area (TPSA) is 105 Å².